The molecule has 10 heteroatoms. The third kappa shape index (κ3) is 6.94. The van der Waals surface area contributed by atoms with Crippen molar-refractivity contribution in [1.82, 2.24) is 14.8 Å². The lowest BCUT2D eigenvalue weighted by Crippen LogP contribution is -2.50. The summed E-state index contributed by atoms with van der Waals surface area (Å²) in [6.45, 7) is 2.78. The fraction of sp³-hybridized carbons (Fsp3) is 0.409. The van der Waals surface area contributed by atoms with E-state index in [1.54, 1.807) is 37.4 Å². The zero-order valence-electron chi connectivity index (χ0n) is 17.8. The molecule has 1 saturated heterocycles. The summed E-state index contributed by atoms with van der Waals surface area (Å²) < 4.78 is 36.8. The number of piperazine rings is 1. The number of fused-ring (bicyclic) bond motifs is 1. The molecule has 0 spiro atoms. The van der Waals surface area contributed by atoms with Crippen LogP contribution in [0.25, 0.3) is 10.9 Å². The predicted octanol–water partition coefficient (Wildman–Crippen LogP) is 3.01. The van der Waals surface area contributed by atoms with Crippen molar-refractivity contribution in [2.45, 2.75) is 19.0 Å². The number of anilines is 1. The quantitative estimate of drug-likeness (QED) is 0.525. The number of benzene rings is 1. The summed E-state index contributed by atoms with van der Waals surface area (Å²) in [5, 5.41) is 3.70. The highest BCUT2D eigenvalue weighted by molar-refractivity contribution is 5.95. The van der Waals surface area contributed by atoms with Crippen LogP contribution in [-0.4, -0.2) is 72.5 Å². The Hall–Kier alpha value is -3.14. The smallest absolute Gasteiger partial charge is 0.354 e. The third-order valence-electron chi connectivity index (χ3n) is 5.16. The van der Waals surface area contributed by atoms with Crippen LogP contribution in [0.1, 0.15) is 12.8 Å². The molecular weight excluding hydrogens is 423 g/mol. The van der Waals surface area contributed by atoms with Crippen LogP contribution in [0.4, 0.5) is 18.9 Å². The molecule has 0 aliphatic carbocycles. The normalized spacial score (nSPS) is 16.1. The first kappa shape index (κ1) is 23.5. The van der Waals surface area contributed by atoms with E-state index in [-0.39, 0.29) is 24.4 Å². The van der Waals surface area contributed by atoms with Crippen molar-refractivity contribution in [3.05, 3.63) is 52.8 Å². The van der Waals surface area contributed by atoms with Gasteiger partial charge in [-0.2, -0.15) is 13.2 Å². The van der Waals surface area contributed by atoms with Gasteiger partial charge in [0, 0.05) is 62.3 Å². The minimum Gasteiger partial charge on any atom is -0.354 e. The van der Waals surface area contributed by atoms with Crippen molar-refractivity contribution < 1.29 is 18.0 Å². The van der Waals surface area contributed by atoms with E-state index in [0.717, 1.165) is 5.39 Å². The SMILES string of the molecule is CN=C(/C=C\CCC(F)(F)F)N1CCN(CC(=O)Nc2ccc3[nH]c(=O)ccc3c2)CC1. The highest BCUT2D eigenvalue weighted by Crippen LogP contribution is 2.21. The summed E-state index contributed by atoms with van der Waals surface area (Å²) in [6, 6.07) is 8.43. The minimum absolute atomic E-state index is 0.0759. The fourth-order valence-electron chi connectivity index (χ4n) is 3.53. The number of aromatic nitrogens is 1. The summed E-state index contributed by atoms with van der Waals surface area (Å²) in [5.74, 6) is 0.504. The lowest BCUT2D eigenvalue weighted by Gasteiger charge is -2.35. The van der Waals surface area contributed by atoms with Gasteiger partial charge in [0.2, 0.25) is 11.5 Å². The number of amides is 1. The lowest BCUT2D eigenvalue weighted by atomic mass is 10.2. The Morgan fingerprint density at radius 3 is 2.62 bits per heavy atom. The highest BCUT2D eigenvalue weighted by atomic mass is 19.4. The third-order valence-corrected chi connectivity index (χ3v) is 5.16. The van der Waals surface area contributed by atoms with Gasteiger partial charge < -0.3 is 15.2 Å². The summed E-state index contributed by atoms with van der Waals surface area (Å²) in [4.78, 5) is 34.7. The van der Waals surface area contributed by atoms with Crippen LogP contribution in [-0.2, 0) is 4.79 Å². The van der Waals surface area contributed by atoms with Gasteiger partial charge in [0.15, 0.2) is 0 Å². The van der Waals surface area contributed by atoms with Crippen molar-refractivity contribution in [3.63, 3.8) is 0 Å². The number of carbonyl (C=O) groups is 1. The van der Waals surface area contributed by atoms with Crippen molar-refractivity contribution in [3.8, 4) is 0 Å². The molecule has 1 aliphatic rings. The molecule has 0 atom stereocenters. The molecule has 1 aromatic heterocycles. The number of halogens is 3. The van der Waals surface area contributed by atoms with Gasteiger partial charge in [0.25, 0.3) is 0 Å². The second kappa shape index (κ2) is 10.4. The van der Waals surface area contributed by atoms with Crippen molar-refractivity contribution in [2.75, 3.05) is 45.1 Å². The topological polar surface area (TPSA) is 80.8 Å². The largest absolute Gasteiger partial charge is 0.389 e. The second-order valence-electron chi connectivity index (χ2n) is 7.57. The van der Waals surface area contributed by atoms with E-state index in [0.29, 0.717) is 43.2 Å². The first-order valence-corrected chi connectivity index (χ1v) is 10.3. The number of carbonyl (C=O) groups excluding carboxylic acids is 1. The molecule has 0 saturated carbocycles. The molecule has 32 heavy (non-hydrogen) atoms. The van der Waals surface area contributed by atoms with Gasteiger partial charge in [-0.15, -0.1) is 0 Å². The molecule has 0 unspecified atom stereocenters. The van der Waals surface area contributed by atoms with Gasteiger partial charge in [-0.05, 0) is 36.8 Å². The van der Waals surface area contributed by atoms with Crippen molar-refractivity contribution >= 4 is 28.3 Å². The molecule has 0 bridgehead atoms. The number of nitrogens with zero attached hydrogens (tertiary/aromatic N) is 3. The maximum absolute atomic E-state index is 12.4. The summed E-state index contributed by atoms with van der Waals surface area (Å²) >= 11 is 0. The number of hydrogen-bond acceptors (Lipinski definition) is 4. The van der Waals surface area contributed by atoms with E-state index in [1.807, 2.05) is 9.80 Å². The number of pyridine rings is 1. The van der Waals surface area contributed by atoms with Crippen LogP contribution < -0.4 is 10.9 Å². The molecule has 172 valence electrons. The van der Waals surface area contributed by atoms with Gasteiger partial charge in [0.1, 0.15) is 5.84 Å². The molecule has 7 nitrogen and oxygen atoms in total. The number of aliphatic imine (C=N–C) groups is 1. The number of hydrogen-bond donors (Lipinski definition) is 2. The second-order valence-corrected chi connectivity index (χ2v) is 7.57. The molecule has 2 aromatic rings. The van der Waals surface area contributed by atoms with Crippen LogP contribution in [0.15, 0.2) is 52.3 Å². The molecule has 0 radical (unpaired) electrons. The number of rotatable bonds is 6. The number of allylic oxidation sites excluding steroid dienone is 1. The monoisotopic (exact) mass is 449 g/mol. The zero-order valence-corrected chi connectivity index (χ0v) is 17.8. The van der Waals surface area contributed by atoms with E-state index in [1.165, 1.54) is 12.1 Å². The number of nitrogens with one attached hydrogen (secondary N) is 2. The van der Waals surface area contributed by atoms with Crippen LogP contribution in [0.5, 0.6) is 0 Å². The predicted molar refractivity (Wildman–Crippen MR) is 119 cm³/mol. The number of alkyl halides is 3. The highest BCUT2D eigenvalue weighted by Gasteiger charge is 2.25. The number of H-pyrrole nitrogens is 1. The molecule has 3 rings (SSSR count). The van der Waals surface area contributed by atoms with Crippen LogP contribution in [0.3, 0.4) is 0 Å². The maximum Gasteiger partial charge on any atom is 0.389 e. The first-order valence-electron chi connectivity index (χ1n) is 10.3. The van der Waals surface area contributed by atoms with E-state index in [2.05, 4.69) is 15.3 Å². The Bertz CT molecular complexity index is 1050. The molecular formula is C22H26F3N5O2. The van der Waals surface area contributed by atoms with Crippen LogP contribution in [0.2, 0.25) is 0 Å². The van der Waals surface area contributed by atoms with Gasteiger partial charge in [-0.25, -0.2) is 0 Å². The van der Waals surface area contributed by atoms with Crippen molar-refractivity contribution in [2.24, 2.45) is 4.99 Å². The summed E-state index contributed by atoms with van der Waals surface area (Å²) in [6.07, 6.45) is -1.96. The van der Waals surface area contributed by atoms with E-state index < -0.39 is 12.6 Å². The molecule has 1 fully saturated rings. The fourth-order valence-corrected chi connectivity index (χ4v) is 3.53. The van der Waals surface area contributed by atoms with Crippen LogP contribution in [0, 0.1) is 0 Å². The zero-order chi connectivity index (χ0) is 23.1. The van der Waals surface area contributed by atoms with E-state index in [9.17, 15) is 22.8 Å². The average Bonchev–Trinajstić information content (AvgIpc) is 2.74. The molecule has 2 N–H and O–H groups in total. The van der Waals surface area contributed by atoms with E-state index >= 15 is 0 Å². The Balaban J connectivity index is 1.47. The molecule has 1 amide bonds. The van der Waals surface area contributed by atoms with Crippen molar-refractivity contribution in [1.29, 1.82) is 0 Å². The summed E-state index contributed by atoms with van der Waals surface area (Å²) in [5.41, 5.74) is 1.17. The average molecular weight is 449 g/mol. The summed E-state index contributed by atoms with van der Waals surface area (Å²) in [7, 11) is 1.61. The first-order chi connectivity index (χ1) is 15.2. The Morgan fingerprint density at radius 2 is 1.94 bits per heavy atom. The molecule has 1 aliphatic heterocycles. The standard InChI is InChI=1S/C22H26F3N5O2/c1-26-19(4-2-3-9-22(23,24)25)30-12-10-29(11-13-30)15-21(32)27-17-6-7-18-16(14-17)5-8-20(31)28-18/h2,4-8,14H,3,9-13,15H2,1H3,(H,27,32)(H,28,31)/b4-2-,26-19?. The van der Waals surface area contributed by atoms with Gasteiger partial charge in [-0.1, -0.05) is 6.08 Å². The van der Waals surface area contributed by atoms with Gasteiger partial charge in [0.05, 0.1) is 6.54 Å². The lowest BCUT2D eigenvalue weighted by molar-refractivity contribution is -0.133. The Morgan fingerprint density at radius 1 is 1.19 bits per heavy atom. The number of amidine groups is 1. The Labute approximate surface area is 183 Å². The maximum atomic E-state index is 12.4. The van der Waals surface area contributed by atoms with Gasteiger partial charge in [-0.3, -0.25) is 19.5 Å². The number of aromatic amines is 1. The Kier molecular flexibility index (Phi) is 7.68. The van der Waals surface area contributed by atoms with Crippen LogP contribution >= 0.6 is 0 Å². The minimum atomic E-state index is -4.16. The van der Waals surface area contributed by atoms with Gasteiger partial charge >= 0.3 is 6.18 Å². The molecule has 1 aromatic carbocycles. The van der Waals surface area contributed by atoms with E-state index in [4.69, 9.17) is 0 Å². The molecule has 2 heterocycles.